The predicted octanol–water partition coefficient (Wildman–Crippen LogP) is 3.01. The van der Waals surface area contributed by atoms with Crippen LogP contribution in [-0.4, -0.2) is 26.4 Å². The van der Waals surface area contributed by atoms with Crippen molar-refractivity contribution in [1.29, 1.82) is 0 Å². The van der Waals surface area contributed by atoms with Crippen LogP contribution in [0.3, 0.4) is 0 Å². The molecule has 21 heavy (non-hydrogen) atoms. The molecule has 0 N–H and O–H groups in total. The third-order valence-corrected chi connectivity index (χ3v) is 2.67. The normalized spacial score (nSPS) is 10.4. The molecule has 0 spiro atoms. The number of benzene rings is 2. The molecule has 2 aromatic carbocycles. The Labute approximate surface area is 122 Å². The van der Waals surface area contributed by atoms with E-state index in [0.29, 0.717) is 17.2 Å². The molecule has 0 aliphatic rings. The van der Waals surface area contributed by atoms with Crippen LogP contribution in [0.5, 0.6) is 17.2 Å². The molecule has 0 radical (unpaired) electrons. The van der Waals surface area contributed by atoms with Crippen LogP contribution in [-0.2, 0) is 4.79 Å². The van der Waals surface area contributed by atoms with E-state index in [2.05, 4.69) is 4.99 Å². The van der Waals surface area contributed by atoms with Crippen LogP contribution < -0.4 is 14.2 Å². The highest BCUT2D eigenvalue weighted by Crippen LogP contribution is 2.18. The van der Waals surface area contributed by atoms with Gasteiger partial charge in [0.2, 0.25) is 0 Å². The molecule has 0 aliphatic carbocycles. The molecule has 0 amide bonds. The highest BCUT2D eigenvalue weighted by molar-refractivity contribution is 6.24. The van der Waals surface area contributed by atoms with E-state index < -0.39 is 5.97 Å². The van der Waals surface area contributed by atoms with Gasteiger partial charge in [-0.3, -0.25) is 0 Å². The van der Waals surface area contributed by atoms with Crippen LogP contribution >= 0.6 is 0 Å². The molecule has 0 bridgehead atoms. The zero-order chi connectivity index (χ0) is 15.1. The molecule has 5 nitrogen and oxygen atoms in total. The van der Waals surface area contributed by atoms with E-state index in [1.807, 2.05) is 0 Å². The summed E-state index contributed by atoms with van der Waals surface area (Å²) in [6, 6.07) is 13.7. The zero-order valence-electron chi connectivity index (χ0n) is 11.8. The Morgan fingerprint density at radius 3 is 1.86 bits per heavy atom. The Morgan fingerprint density at radius 2 is 1.33 bits per heavy atom. The fraction of sp³-hybridized carbons (Fsp3) is 0.125. The summed E-state index contributed by atoms with van der Waals surface area (Å²) >= 11 is 0. The van der Waals surface area contributed by atoms with Gasteiger partial charge in [0.25, 0.3) is 0 Å². The quantitative estimate of drug-likeness (QED) is 0.481. The first-order valence-electron chi connectivity index (χ1n) is 6.25. The number of esters is 1. The van der Waals surface area contributed by atoms with Crippen molar-refractivity contribution >= 4 is 17.9 Å². The van der Waals surface area contributed by atoms with Crippen molar-refractivity contribution in [3.05, 3.63) is 48.5 Å². The van der Waals surface area contributed by atoms with Crippen LogP contribution in [0.4, 0.5) is 5.69 Å². The summed E-state index contributed by atoms with van der Waals surface area (Å²) in [5, 5.41) is 0. The maximum atomic E-state index is 11.6. The number of hydrogen-bond donors (Lipinski definition) is 0. The van der Waals surface area contributed by atoms with E-state index in [4.69, 9.17) is 14.2 Å². The van der Waals surface area contributed by atoms with Gasteiger partial charge in [-0.25, -0.2) is 9.79 Å². The first-order valence-corrected chi connectivity index (χ1v) is 6.25. The van der Waals surface area contributed by atoms with E-state index in [-0.39, 0.29) is 0 Å². The average molecular weight is 285 g/mol. The number of hydrogen-bond acceptors (Lipinski definition) is 5. The second-order valence-corrected chi connectivity index (χ2v) is 4.05. The number of carbonyl (C=O) groups excluding carboxylic acids is 1. The van der Waals surface area contributed by atoms with Crippen molar-refractivity contribution in [2.45, 2.75) is 0 Å². The highest BCUT2D eigenvalue weighted by atomic mass is 16.5. The number of aliphatic imine (C=N–C) groups is 1. The van der Waals surface area contributed by atoms with Crippen molar-refractivity contribution in [2.24, 2.45) is 4.99 Å². The van der Waals surface area contributed by atoms with E-state index >= 15 is 0 Å². The van der Waals surface area contributed by atoms with Gasteiger partial charge in [-0.2, -0.15) is 0 Å². The number of ether oxygens (including phenoxy) is 3. The van der Waals surface area contributed by atoms with Crippen molar-refractivity contribution in [2.75, 3.05) is 14.2 Å². The Kier molecular flexibility index (Phi) is 4.93. The van der Waals surface area contributed by atoms with Gasteiger partial charge >= 0.3 is 5.97 Å². The Balaban J connectivity index is 1.94. The maximum Gasteiger partial charge on any atom is 0.354 e. The molecule has 0 aromatic heterocycles. The standard InChI is InChI=1S/C16H15NO4/c1-19-13-5-3-12(4-6-13)17-11-16(18)21-15-9-7-14(20-2)8-10-15/h3-11H,1-2H3. The first-order chi connectivity index (χ1) is 10.2. The van der Waals surface area contributed by atoms with E-state index in [1.54, 1.807) is 62.8 Å². The van der Waals surface area contributed by atoms with Gasteiger partial charge in [-0.05, 0) is 48.5 Å². The molecule has 5 heteroatoms. The van der Waals surface area contributed by atoms with Crippen LogP contribution in [0.15, 0.2) is 53.5 Å². The van der Waals surface area contributed by atoms with Crippen LogP contribution in [0, 0.1) is 0 Å². The minimum Gasteiger partial charge on any atom is -0.497 e. The fourth-order valence-electron chi connectivity index (χ4n) is 1.58. The van der Waals surface area contributed by atoms with Crippen molar-refractivity contribution in [3.63, 3.8) is 0 Å². The number of rotatable bonds is 5. The summed E-state index contributed by atoms with van der Waals surface area (Å²) in [5.41, 5.74) is 0.641. The molecule has 2 aromatic rings. The lowest BCUT2D eigenvalue weighted by atomic mass is 10.3. The van der Waals surface area contributed by atoms with E-state index in [9.17, 15) is 4.79 Å². The van der Waals surface area contributed by atoms with Crippen molar-refractivity contribution in [1.82, 2.24) is 0 Å². The Hall–Kier alpha value is -2.82. The molecule has 0 saturated heterocycles. The van der Waals surface area contributed by atoms with Crippen molar-refractivity contribution < 1.29 is 19.0 Å². The predicted molar refractivity (Wildman–Crippen MR) is 79.8 cm³/mol. The third kappa shape index (κ3) is 4.35. The molecule has 2 rings (SSSR count). The third-order valence-electron chi connectivity index (χ3n) is 2.67. The Bertz CT molecular complexity index is 618. The number of carbonyl (C=O) groups is 1. The lowest BCUT2D eigenvalue weighted by Gasteiger charge is -2.02. The second kappa shape index (κ2) is 7.09. The highest BCUT2D eigenvalue weighted by Gasteiger charge is 2.02. The summed E-state index contributed by atoms with van der Waals surface area (Å²) < 4.78 is 15.2. The number of methoxy groups -OCH3 is 2. The van der Waals surface area contributed by atoms with Crippen LogP contribution in [0.1, 0.15) is 0 Å². The van der Waals surface area contributed by atoms with Gasteiger partial charge in [0.05, 0.1) is 19.9 Å². The molecular formula is C16H15NO4. The molecule has 0 heterocycles. The molecular weight excluding hydrogens is 270 g/mol. The SMILES string of the molecule is COc1ccc(N=CC(=O)Oc2ccc(OC)cc2)cc1. The van der Waals surface area contributed by atoms with Gasteiger partial charge in [-0.15, -0.1) is 0 Å². The largest absolute Gasteiger partial charge is 0.497 e. The summed E-state index contributed by atoms with van der Waals surface area (Å²) in [6.07, 6.45) is 1.13. The van der Waals surface area contributed by atoms with Crippen LogP contribution in [0.2, 0.25) is 0 Å². The molecule has 0 atom stereocenters. The maximum absolute atomic E-state index is 11.6. The van der Waals surface area contributed by atoms with Crippen LogP contribution in [0.25, 0.3) is 0 Å². The smallest absolute Gasteiger partial charge is 0.354 e. The van der Waals surface area contributed by atoms with E-state index in [0.717, 1.165) is 12.0 Å². The molecule has 0 fully saturated rings. The minimum absolute atomic E-state index is 0.432. The monoisotopic (exact) mass is 285 g/mol. The topological polar surface area (TPSA) is 57.1 Å². The first kappa shape index (κ1) is 14.6. The number of nitrogens with zero attached hydrogens (tertiary/aromatic N) is 1. The molecule has 0 aliphatic heterocycles. The van der Waals surface area contributed by atoms with Crippen molar-refractivity contribution in [3.8, 4) is 17.2 Å². The summed E-state index contributed by atoms with van der Waals surface area (Å²) in [7, 11) is 3.16. The second-order valence-electron chi connectivity index (χ2n) is 4.05. The Morgan fingerprint density at radius 1 is 0.857 bits per heavy atom. The lowest BCUT2D eigenvalue weighted by Crippen LogP contribution is -2.08. The summed E-state index contributed by atoms with van der Waals surface area (Å²) in [4.78, 5) is 15.7. The minimum atomic E-state index is -0.545. The summed E-state index contributed by atoms with van der Waals surface area (Å²) in [5.74, 6) is 1.31. The van der Waals surface area contributed by atoms with E-state index in [1.165, 1.54) is 0 Å². The average Bonchev–Trinajstić information content (AvgIpc) is 2.54. The van der Waals surface area contributed by atoms with Gasteiger partial charge < -0.3 is 14.2 Å². The van der Waals surface area contributed by atoms with Gasteiger partial charge in [0.1, 0.15) is 23.5 Å². The summed E-state index contributed by atoms with van der Waals surface area (Å²) in [6.45, 7) is 0. The zero-order valence-corrected chi connectivity index (χ0v) is 11.8. The fourth-order valence-corrected chi connectivity index (χ4v) is 1.58. The molecule has 108 valence electrons. The van der Waals surface area contributed by atoms with Gasteiger partial charge in [0, 0.05) is 0 Å². The molecule has 0 saturated carbocycles. The van der Waals surface area contributed by atoms with Gasteiger partial charge in [-0.1, -0.05) is 0 Å². The van der Waals surface area contributed by atoms with Gasteiger partial charge in [0.15, 0.2) is 0 Å². The lowest BCUT2D eigenvalue weighted by molar-refractivity contribution is -0.126. The molecule has 0 unspecified atom stereocenters.